The van der Waals surface area contributed by atoms with Crippen LogP contribution in [0.2, 0.25) is 0 Å². The lowest BCUT2D eigenvalue weighted by Gasteiger charge is -2.30. The molecule has 1 N–H and O–H groups in total. The van der Waals surface area contributed by atoms with E-state index in [9.17, 15) is 13.2 Å². The first kappa shape index (κ1) is 13.9. The second kappa shape index (κ2) is 5.25. The number of aromatic carboxylic acids is 1. The topological polar surface area (TPSA) is 105 Å². The first-order chi connectivity index (χ1) is 8.86. The predicted octanol–water partition coefficient (Wildman–Crippen LogP) is -0.352. The summed E-state index contributed by atoms with van der Waals surface area (Å²) < 4.78 is 25.9. The number of carboxylic acid groups (broad SMARTS) is 1. The molecule has 1 unspecified atom stereocenters. The third-order valence-corrected chi connectivity index (χ3v) is 4.42. The number of hydrogen-bond donors (Lipinski definition) is 1. The molecule has 1 aromatic heterocycles. The minimum Gasteiger partial charge on any atom is -0.476 e. The highest BCUT2D eigenvalue weighted by atomic mass is 32.2. The Morgan fingerprint density at radius 2 is 2.32 bits per heavy atom. The van der Waals surface area contributed by atoms with Crippen LogP contribution in [0.3, 0.4) is 0 Å². The zero-order valence-electron chi connectivity index (χ0n) is 10.6. The van der Waals surface area contributed by atoms with Gasteiger partial charge in [0.1, 0.15) is 0 Å². The third-order valence-electron chi connectivity index (χ3n) is 3.15. The largest absolute Gasteiger partial charge is 0.476 e. The van der Waals surface area contributed by atoms with E-state index in [0.29, 0.717) is 19.6 Å². The van der Waals surface area contributed by atoms with E-state index >= 15 is 0 Å². The summed E-state index contributed by atoms with van der Waals surface area (Å²) >= 11 is 0. The molecule has 0 saturated carbocycles. The molecule has 2 rings (SSSR count). The van der Waals surface area contributed by atoms with Crippen molar-refractivity contribution in [3.05, 3.63) is 11.9 Å². The molecule has 9 heteroatoms. The van der Waals surface area contributed by atoms with Gasteiger partial charge in [-0.2, -0.15) is 0 Å². The van der Waals surface area contributed by atoms with Crippen molar-refractivity contribution in [2.75, 3.05) is 19.3 Å². The summed E-state index contributed by atoms with van der Waals surface area (Å²) in [5.41, 5.74) is -0.101. The smallest absolute Gasteiger partial charge is 0.358 e. The molecule has 1 fully saturated rings. The molecular formula is C10H16N4O4S. The van der Waals surface area contributed by atoms with E-state index in [2.05, 4.69) is 10.3 Å². The van der Waals surface area contributed by atoms with Crippen molar-refractivity contribution >= 4 is 16.0 Å². The zero-order valence-corrected chi connectivity index (χ0v) is 11.4. The van der Waals surface area contributed by atoms with Gasteiger partial charge in [0.2, 0.25) is 10.0 Å². The normalized spacial score (nSPS) is 21.4. The average Bonchev–Trinajstić information content (AvgIpc) is 2.77. The molecule has 0 aliphatic carbocycles. The number of rotatable bonds is 4. The molecule has 1 aromatic rings. The fraction of sp³-hybridized carbons (Fsp3) is 0.700. The van der Waals surface area contributed by atoms with E-state index < -0.39 is 16.0 Å². The number of carbonyl (C=O) groups is 1. The number of piperidine rings is 1. The molecular weight excluding hydrogens is 272 g/mol. The minimum absolute atomic E-state index is 0.101. The second-order valence-corrected chi connectivity index (χ2v) is 6.74. The van der Waals surface area contributed by atoms with Crippen LogP contribution in [0.4, 0.5) is 0 Å². The first-order valence-corrected chi connectivity index (χ1v) is 7.79. The molecule has 8 nitrogen and oxygen atoms in total. The number of carboxylic acids is 1. The van der Waals surface area contributed by atoms with E-state index in [-0.39, 0.29) is 11.6 Å². The standard InChI is InChI=1S/C10H16N4O4S/c1-19(17,18)14-4-2-3-8(6-14)5-13-7-9(10(15)16)11-12-13/h7-8H,2-6H2,1H3,(H,15,16). The van der Waals surface area contributed by atoms with Crippen LogP contribution < -0.4 is 0 Å². The monoisotopic (exact) mass is 288 g/mol. The average molecular weight is 288 g/mol. The predicted molar refractivity (Wildman–Crippen MR) is 66.1 cm³/mol. The van der Waals surface area contributed by atoms with Gasteiger partial charge in [0, 0.05) is 19.6 Å². The fourth-order valence-corrected chi connectivity index (χ4v) is 3.17. The number of aromatic nitrogens is 3. The Bertz CT molecular complexity index is 568. The summed E-state index contributed by atoms with van der Waals surface area (Å²) in [4.78, 5) is 10.7. The SMILES string of the molecule is CS(=O)(=O)N1CCCC(Cn2cc(C(=O)O)nn2)C1. The summed E-state index contributed by atoms with van der Waals surface area (Å²) in [5, 5.41) is 16.0. The summed E-state index contributed by atoms with van der Waals surface area (Å²) in [7, 11) is -3.17. The van der Waals surface area contributed by atoms with E-state index in [1.54, 1.807) is 0 Å². The molecule has 1 atom stereocenters. The van der Waals surface area contributed by atoms with Gasteiger partial charge >= 0.3 is 5.97 Å². The van der Waals surface area contributed by atoms with Crippen molar-refractivity contribution in [3.8, 4) is 0 Å². The molecule has 1 aliphatic heterocycles. The molecule has 1 aliphatic rings. The Morgan fingerprint density at radius 1 is 1.58 bits per heavy atom. The van der Waals surface area contributed by atoms with Crippen molar-refractivity contribution in [3.63, 3.8) is 0 Å². The molecule has 0 radical (unpaired) electrons. The molecule has 0 spiro atoms. The maximum atomic E-state index is 11.5. The molecule has 0 bridgehead atoms. The van der Waals surface area contributed by atoms with Gasteiger partial charge in [-0.05, 0) is 18.8 Å². The third kappa shape index (κ3) is 3.51. The number of hydrogen-bond acceptors (Lipinski definition) is 5. The van der Waals surface area contributed by atoms with E-state index in [1.807, 2.05) is 0 Å². The highest BCUT2D eigenvalue weighted by molar-refractivity contribution is 7.88. The van der Waals surface area contributed by atoms with Crippen LogP contribution in [0.5, 0.6) is 0 Å². The second-order valence-electron chi connectivity index (χ2n) is 4.76. The molecule has 0 aromatic carbocycles. The maximum Gasteiger partial charge on any atom is 0.358 e. The molecule has 19 heavy (non-hydrogen) atoms. The minimum atomic E-state index is -3.17. The van der Waals surface area contributed by atoms with Crippen LogP contribution in [-0.4, -0.2) is 58.1 Å². The van der Waals surface area contributed by atoms with E-state index in [1.165, 1.54) is 21.4 Å². The van der Waals surface area contributed by atoms with Crippen molar-refractivity contribution in [1.82, 2.24) is 19.3 Å². The fourth-order valence-electron chi connectivity index (χ4n) is 2.23. The van der Waals surface area contributed by atoms with Gasteiger partial charge < -0.3 is 5.11 Å². The van der Waals surface area contributed by atoms with Crippen LogP contribution in [-0.2, 0) is 16.6 Å². The zero-order chi connectivity index (χ0) is 14.0. The van der Waals surface area contributed by atoms with Gasteiger partial charge in [-0.1, -0.05) is 5.21 Å². The highest BCUT2D eigenvalue weighted by Crippen LogP contribution is 2.20. The Labute approximate surface area is 111 Å². The maximum absolute atomic E-state index is 11.5. The summed E-state index contributed by atoms with van der Waals surface area (Å²) in [5.74, 6) is -0.987. The van der Waals surface area contributed by atoms with E-state index in [0.717, 1.165) is 12.8 Å². The summed E-state index contributed by atoms with van der Waals surface area (Å²) in [6, 6.07) is 0. The summed E-state index contributed by atoms with van der Waals surface area (Å²) in [6.45, 7) is 1.47. The van der Waals surface area contributed by atoms with Crippen molar-refractivity contribution in [2.45, 2.75) is 19.4 Å². The Morgan fingerprint density at radius 3 is 2.89 bits per heavy atom. The van der Waals surface area contributed by atoms with Gasteiger partial charge in [-0.15, -0.1) is 5.10 Å². The molecule has 106 valence electrons. The number of sulfonamides is 1. The first-order valence-electron chi connectivity index (χ1n) is 5.95. The Hall–Kier alpha value is -1.48. The van der Waals surface area contributed by atoms with Gasteiger partial charge in [0.05, 0.1) is 12.5 Å². The van der Waals surface area contributed by atoms with Gasteiger partial charge in [0.15, 0.2) is 5.69 Å². The lowest BCUT2D eigenvalue weighted by molar-refractivity contribution is 0.0690. The van der Waals surface area contributed by atoms with Gasteiger partial charge in [-0.25, -0.2) is 17.5 Å². The van der Waals surface area contributed by atoms with Crippen LogP contribution in [0.15, 0.2) is 6.20 Å². The van der Waals surface area contributed by atoms with E-state index in [4.69, 9.17) is 5.11 Å². The van der Waals surface area contributed by atoms with Crippen molar-refractivity contribution in [1.29, 1.82) is 0 Å². The summed E-state index contributed by atoms with van der Waals surface area (Å²) in [6.07, 6.45) is 4.27. The Kier molecular flexibility index (Phi) is 3.85. The van der Waals surface area contributed by atoms with Crippen LogP contribution in [0, 0.1) is 5.92 Å². The lowest BCUT2D eigenvalue weighted by atomic mass is 10.00. The van der Waals surface area contributed by atoms with Crippen LogP contribution in [0.1, 0.15) is 23.3 Å². The molecule has 2 heterocycles. The number of nitrogens with zero attached hydrogens (tertiary/aromatic N) is 4. The van der Waals surface area contributed by atoms with Crippen LogP contribution >= 0.6 is 0 Å². The quantitative estimate of drug-likeness (QED) is 0.811. The van der Waals surface area contributed by atoms with Gasteiger partial charge in [-0.3, -0.25) is 4.68 Å². The van der Waals surface area contributed by atoms with Gasteiger partial charge in [0.25, 0.3) is 0 Å². The molecule has 0 amide bonds. The highest BCUT2D eigenvalue weighted by Gasteiger charge is 2.26. The van der Waals surface area contributed by atoms with Crippen molar-refractivity contribution in [2.24, 2.45) is 5.92 Å². The Balaban J connectivity index is 2.00. The van der Waals surface area contributed by atoms with Crippen molar-refractivity contribution < 1.29 is 18.3 Å². The van der Waals surface area contributed by atoms with Crippen LogP contribution in [0.25, 0.3) is 0 Å². The lowest BCUT2D eigenvalue weighted by Crippen LogP contribution is -2.40. The molecule has 1 saturated heterocycles.